The summed E-state index contributed by atoms with van der Waals surface area (Å²) in [5, 5.41) is 0. The van der Waals surface area contributed by atoms with Crippen LogP contribution in [0.4, 0.5) is 0 Å². The number of piperidine rings is 1. The van der Waals surface area contributed by atoms with E-state index in [2.05, 4.69) is 0 Å². The molecule has 8 heavy (non-hydrogen) atoms. The van der Waals surface area contributed by atoms with Crippen LogP contribution in [0.15, 0.2) is 0 Å². The monoisotopic (exact) mass is 111 g/mol. The van der Waals surface area contributed by atoms with Crippen LogP contribution in [-0.4, -0.2) is 24.4 Å². The molecule has 1 amide bonds. The molecule has 0 spiro atoms. The van der Waals surface area contributed by atoms with E-state index < -0.39 is 0 Å². The minimum atomic E-state index is 0.370. The summed E-state index contributed by atoms with van der Waals surface area (Å²) in [5.41, 5.74) is 0. The smallest absolute Gasteiger partial charge is 0.225 e. The molecule has 0 aromatic rings. The van der Waals surface area contributed by atoms with Gasteiger partial charge in [0, 0.05) is 19.5 Å². The first-order valence-corrected chi connectivity index (χ1v) is 3.04. The predicted octanol–water partition coefficient (Wildman–Crippen LogP) is 0.0945. The standard InChI is InChI=1S/C6H9NO/c1-7-3-4-2-5(4)6(7)8/h4-5H,2-3H2,1H3/t4-,5-/m1/s1. The maximum atomic E-state index is 10.9. The fourth-order valence-corrected chi connectivity index (χ4v) is 1.48. The molecule has 1 aliphatic heterocycles. The van der Waals surface area contributed by atoms with Crippen LogP contribution in [0.5, 0.6) is 0 Å². The third kappa shape index (κ3) is 0.358. The Balaban J connectivity index is 2.19. The second-order valence-electron chi connectivity index (χ2n) is 2.82. The lowest BCUT2D eigenvalue weighted by Gasteiger charge is -2.08. The average molecular weight is 111 g/mol. The lowest BCUT2D eigenvalue weighted by Crippen LogP contribution is -2.22. The fraction of sp³-hybridized carbons (Fsp3) is 0.833. The summed E-state index contributed by atoms with van der Waals surface area (Å²) in [5.74, 6) is 1.56. The SMILES string of the molecule is CN1C[C@H]2C[C@H]2C1=O. The van der Waals surface area contributed by atoms with Gasteiger partial charge in [-0.1, -0.05) is 0 Å². The molecular weight excluding hydrogens is 102 g/mol. The highest BCUT2D eigenvalue weighted by molar-refractivity contribution is 5.84. The molecule has 2 atom stereocenters. The number of carbonyl (C=O) groups is 1. The van der Waals surface area contributed by atoms with Crippen molar-refractivity contribution in [1.82, 2.24) is 4.90 Å². The van der Waals surface area contributed by atoms with Crippen molar-refractivity contribution in [1.29, 1.82) is 0 Å². The largest absolute Gasteiger partial charge is 0.345 e. The number of hydrogen-bond donors (Lipinski definition) is 0. The van der Waals surface area contributed by atoms with Crippen molar-refractivity contribution in [3.05, 3.63) is 0 Å². The molecule has 1 aliphatic carbocycles. The molecule has 2 nitrogen and oxygen atoms in total. The third-order valence-electron chi connectivity index (χ3n) is 2.12. The van der Waals surface area contributed by atoms with E-state index in [-0.39, 0.29) is 0 Å². The van der Waals surface area contributed by atoms with E-state index in [0.717, 1.165) is 12.5 Å². The number of amides is 1. The molecule has 0 N–H and O–H groups in total. The van der Waals surface area contributed by atoms with Gasteiger partial charge in [0.2, 0.25) is 5.91 Å². The van der Waals surface area contributed by atoms with Crippen molar-refractivity contribution in [2.24, 2.45) is 11.8 Å². The Bertz CT molecular complexity index is 139. The van der Waals surface area contributed by atoms with Gasteiger partial charge < -0.3 is 4.90 Å². The van der Waals surface area contributed by atoms with E-state index in [1.54, 1.807) is 0 Å². The van der Waals surface area contributed by atoms with Crippen LogP contribution in [0.3, 0.4) is 0 Å². The molecular formula is C6H9NO. The lowest BCUT2D eigenvalue weighted by molar-refractivity contribution is -0.128. The highest BCUT2D eigenvalue weighted by Crippen LogP contribution is 2.45. The molecule has 0 unspecified atom stereocenters. The maximum absolute atomic E-state index is 10.9. The fourth-order valence-electron chi connectivity index (χ4n) is 1.48. The van der Waals surface area contributed by atoms with Crippen LogP contribution in [0.25, 0.3) is 0 Å². The van der Waals surface area contributed by atoms with Gasteiger partial charge in [0.05, 0.1) is 0 Å². The van der Waals surface area contributed by atoms with Gasteiger partial charge in [-0.25, -0.2) is 0 Å². The molecule has 2 heteroatoms. The number of rotatable bonds is 0. The van der Waals surface area contributed by atoms with E-state index in [9.17, 15) is 4.79 Å². The van der Waals surface area contributed by atoms with Gasteiger partial charge in [0.1, 0.15) is 0 Å². The minimum Gasteiger partial charge on any atom is -0.345 e. The van der Waals surface area contributed by atoms with Crippen LogP contribution >= 0.6 is 0 Å². The first-order valence-electron chi connectivity index (χ1n) is 3.04. The van der Waals surface area contributed by atoms with Gasteiger partial charge in [0.15, 0.2) is 0 Å². The van der Waals surface area contributed by atoms with Crippen LogP contribution in [-0.2, 0) is 4.79 Å². The van der Waals surface area contributed by atoms with E-state index in [4.69, 9.17) is 0 Å². The second kappa shape index (κ2) is 1.07. The molecule has 0 radical (unpaired) electrons. The lowest BCUT2D eigenvalue weighted by atomic mass is 10.4. The average Bonchev–Trinajstić information content (AvgIpc) is 2.39. The third-order valence-corrected chi connectivity index (χ3v) is 2.12. The molecule has 2 fully saturated rings. The Morgan fingerprint density at radius 3 is 2.75 bits per heavy atom. The molecule has 1 saturated carbocycles. The Labute approximate surface area is 48.5 Å². The number of nitrogens with zero attached hydrogens (tertiary/aromatic N) is 1. The quantitative estimate of drug-likeness (QED) is 0.434. The van der Waals surface area contributed by atoms with Crippen molar-refractivity contribution >= 4 is 5.91 Å². The van der Waals surface area contributed by atoms with Crippen molar-refractivity contribution in [2.45, 2.75) is 6.42 Å². The first-order chi connectivity index (χ1) is 3.79. The van der Waals surface area contributed by atoms with Crippen molar-refractivity contribution in [3.63, 3.8) is 0 Å². The molecule has 0 aromatic heterocycles. The predicted molar refractivity (Wildman–Crippen MR) is 29.2 cm³/mol. The highest BCUT2D eigenvalue weighted by Gasteiger charge is 2.50. The van der Waals surface area contributed by atoms with E-state index in [0.29, 0.717) is 11.8 Å². The Morgan fingerprint density at radius 2 is 2.50 bits per heavy atom. The van der Waals surface area contributed by atoms with Gasteiger partial charge in [0.25, 0.3) is 0 Å². The van der Waals surface area contributed by atoms with Crippen LogP contribution in [0.1, 0.15) is 6.42 Å². The van der Waals surface area contributed by atoms with E-state index >= 15 is 0 Å². The zero-order valence-electron chi connectivity index (χ0n) is 4.92. The molecule has 1 heterocycles. The van der Waals surface area contributed by atoms with E-state index in [1.165, 1.54) is 6.42 Å². The Hall–Kier alpha value is -0.530. The highest BCUT2D eigenvalue weighted by atomic mass is 16.2. The summed E-state index contributed by atoms with van der Waals surface area (Å²) >= 11 is 0. The number of hydrogen-bond acceptors (Lipinski definition) is 1. The second-order valence-corrected chi connectivity index (χ2v) is 2.82. The zero-order valence-corrected chi connectivity index (χ0v) is 4.92. The molecule has 44 valence electrons. The van der Waals surface area contributed by atoms with Gasteiger partial charge in [-0.15, -0.1) is 0 Å². The summed E-state index contributed by atoms with van der Waals surface area (Å²) in [7, 11) is 1.88. The van der Waals surface area contributed by atoms with Gasteiger partial charge in [-0.2, -0.15) is 0 Å². The maximum Gasteiger partial charge on any atom is 0.225 e. The Kier molecular flexibility index (Phi) is 0.581. The molecule has 2 rings (SSSR count). The number of likely N-dealkylation sites (tertiary alicyclic amines) is 1. The zero-order chi connectivity index (χ0) is 5.72. The summed E-state index contributed by atoms with van der Waals surface area (Å²) in [6.45, 7) is 1.02. The molecule has 2 aliphatic rings. The Morgan fingerprint density at radius 1 is 1.75 bits per heavy atom. The van der Waals surface area contributed by atoms with Crippen LogP contribution < -0.4 is 0 Å². The summed E-state index contributed by atoms with van der Waals surface area (Å²) in [6, 6.07) is 0. The molecule has 0 bridgehead atoms. The van der Waals surface area contributed by atoms with Crippen molar-refractivity contribution in [2.75, 3.05) is 13.6 Å². The number of fused-ring (bicyclic) bond motifs is 1. The minimum absolute atomic E-state index is 0.370. The summed E-state index contributed by atoms with van der Waals surface area (Å²) in [6.07, 6.45) is 1.17. The van der Waals surface area contributed by atoms with Gasteiger partial charge in [-0.05, 0) is 12.3 Å². The van der Waals surface area contributed by atoms with E-state index in [1.807, 2.05) is 11.9 Å². The van der Waals surface area contributed by atoms with Gasteiger partial charge >= 0.3 is 0 Å². The molecule has 1 saturated heterocycles. The first kappa shape index (κ1) is 4.36. The summed E-state index contributed by atoms with van der Waals surface area (Å²) in [4.78, 5) is 12.7. The van der Waals surface area contributed by atoms with Crippen LogP contribution in [0, 0.1) is 11.8 Å². The topological polar surface area (TPSA) is 20.3 Å². The van der Waals surface area contributed by atoms with Gasteiger partial charge in [-0.3, -0.25) is 4.79 Å². The molecule has 0 aromatic carbocycles. The van der Waals surface area contributed by atoms with Crippen molar-refractivity contribution < 1.29 is 4.79 Å². The van der Waals surface area contributed by atoms with Crippen molar-refractivity contribution in [3.8, 4) is 0 Å². The van der Waals surface area contributed by atoms with Crippen LogP contribution in [0.2, 0.25) is 0 Å². The summed E-state index contributed by atoms with van der Waals surface area (Å²) < 4.78 is 0. The normalized spacial score (nSPS) is 42.6. The number of carbonyl (C=O) groups excluding carboxylic acids is 1.